The average Bonchev–Trinajstić information content (AvgIpc) is 2.75. The maximum Gasteiger partial charge on any atom is 0.331 e. The van der Waals surface area contributed by atoms with Gasteiger partial charge < -0.3 is 14.9 Å². The number of nitrogens with one attached hydrogen (secondary N) is 1. The van der Waals surface area contributed by atoms with Crippen LogP contribution in [0.25, 0.3) is 0 Å². The minimum atomic E-state index is -0.859. The van der Waals surface area contributed by atoms with Crippen LogP contribution >= 0.6 is 0 Å². The van der Waals surface area contributed by atoms with Crippen molar-refractivity contribution in [2.45, 2.75) is 19.8 Å². The van der Waals surface area contributed by atoms with Crippen LogP contribution in [-0.4, -0.2) is 34.3 Å². The topological polar surface area (TPSA) is 88.3 Å². The SMILES string of the molecule is CCC(=CCNCCc1ncon1)C(=O)O. The van der Waals surface area contributed by atoms with Gasteiger partial charge in [0.2, 0.25) is 6.39 Å². The van der Waals surface area contributed by atoms with E-state index in [0.29, 0.717) is 37.3 Å². The highest BCUT2D eigenvalue weighted by Gasteiger charge is 2.02. The standard InChI is InChI=1S/C10H15N3O3/c1-2-8(10(14)15)3-5-11-6-4-9-12-7-16-13-9/h3,7,11H,2,4-6H2,1H3,(H,14,15). The normalized spacial score (nSPS) is 11.7. The Labute approximate surface area is 93.4 Å². The van der Waals surface area contributed by atoms with E-state index in [9.17, 15) is 4.79 Å². The highest BCUT2D eigenvalue weighted by Crippen LogP contribution is 1.98. The molecule has 0 aliphatic carbocycles. The van der Waals surface area contributed by atoms with Crippen molar-refractivity contribution in [3.63, 3.8) is 0 Å². The summed E-state index contributed by atoms with van der Waals surface area (Å²) in [5, 5.41) is 15.5. The molecule has 2 N–H and O–H groups in total. The maximum atomic E-state index is 10.7. The van der Waals surface area contributed by atoms with Gasteiger partial charge in [0.1, 0.15) is 0 Å². The Bertz CT molecular complexity index is 346. The Kier molecular flexibility index (Phi) is 5.21. The van der Waals surface area contributed by atoms with Crippen LogP contribution in [0.5, 0.6) is 0 Å². The molecule has 0 radical (unpaired) electrons. The van der Waals surface area contributed by atoms with Gasteiger partial charge in [0.25, 0.3) is 0 Å². The van der Waals surface area contributed by atoms with Gasteiger partial charge in [0.15, 0.2) is 5.82 Å². The van der Waals surface area contributed by atoms with Crippen LogP contribution in [0, 0.1) is 0 Å². The van der Waals surface area contributed by atoms with Gasteiger partial charge in [-0.15, -0.1) is 0 Å². The molecule has 0 aliphatic heterocycles. The number of carboxylic acids is 1. The van der Waals surface area contributed by atoms with Gasteiger partial charge in [-0.1, -0.05) is 18.2 Å². The summed E-state index contributed by atoms with van der Waals surface area (Å²) in [6.45, 7) is 3.04. The number of aromatic nitrogens is 2. The molecule has 0 saturated carbocycles. The molecule has 0 atom stereocenters. The summed E-state index contributed by atoms with van der Waals surface area (Å²) in [5.74, 6) is -0.215. The minimum Gasteiger partial charge on any atom is -0.478 e. The largest absolute Gasteiger partial charge is 0.478 e. The van der Waals surface area contributed by atoms with Gasteiger partial charge in [0, 0.05) is 25.1 Å². The number of carboxylic acid groups (broad SMARTS) is 1. The molecule has 0 spiro atoms. The molecular weight excluding hydrogens is 210 g/mol. The fourth-order valence-electron chi connectivity index (χ4n) is 1.18. The third kappa shape index (κ3) is 4.22. The summed E-state index contributed by atoms with van der Waals surface area (Å²) in [5.41, 5.74) is 0.423. The molecule has 16 heavy (non-hydrogen) atoms. The number of hydrogen-bond acceptors (Lipinski definition) is 5. The average molecular weight is 225 g/mol. The van der Waals surface area contributed by atoms with E-state index in [4.69, 9.17) is 5.11 Å². The van der Waals surface area contributed by atoms with Crippen molar-refractivity contribution < 1.29 is 14.4 Å². The summed E-state index contributed by atoms with van der Waals surface area (Å²) in [6.07, 6.45) is 4.16. The van der Waals surface area contributed by atoms with Crippen molar-refractivity contribution in [2.75, 3.05) is 13.1 Å². The van der Waals surface area contributed by atoms with Gasteiger partial charge in [0.05, 0.1) is 0 Å². The number of nitrogens with zero attached hydrogens (tertiary/aromatic N) is 2. The van der Waals surface area contributed by atoms with Crippen LogP contribution in [0.15, 0.2) is 22.6 Å². The number of rotatable bonds is 7. The first kappa shape index (κ1) is 12.4. The first-order chi connectivity index (χ1) is 7.74. The molecule has 6 nitrogen and oxygen atoms in total. The molecule has 1 aromatic rings. The summed E-state index contributed by atoms with van der Waals surface area (Å²) in [6, 6.07) is 0. The Morgan fingerprint density at radius 1 is 1.69 bits per heavy atom. The monoisotopic (exact) mass is 225 g/mol. The smallest absolute Gasteiger partial charge is 0.331 e. The summed E-state index contributed by atoms with van der Waals surface area (Å²) < 4.78 is 4.58. The van der Waals surface area contributed by atoms with Crippen LogP contribution in [0.3, 0.4) is 0 Å². The molecular formula is C10H15N3O3. The van der Waals surface area contributed by atoms with Crippen molar-refractivity contribution in [1.29, 1.82) is 0 Å². The van der Waals surface area contributed by atoms with Crippen LogP contribution in [0.2, 0.25) is 0 Å². The molecule has 1 aromatic heterocycles. The van der Waals surface area contributed by atoms with Gasteiger partial charge in [-0.3, -0.25) is 0 Å². The highest BCUT2D eigenvalue weighted by molar-refractivity contribution is 5.86. The van der Waals surface area contributed by atoms with E-state index in [1.165, 1.54) is 6.39 Å². The molecule has 0 bridgehead atoms. The predicted octanol–water partition coefficient (Wildman–Crippen LogP) is 0.623. The van der Waals surface area contributed by atoms with Crippen LogP contribution in [0.4, 0.5) is 0 Å². The zero-order chi connectivity index (χ0) is 11.8. The highest BCUT2D eigenvalue weighted by atomic mass is 16.5. The van der Waals surface area contributed by atoms with Gasteiger partial charge in [-0.05, 0) is 6.42 Å². The van der Waals surface area contributed by atoms with Crippen LogP contribution < -0.4 is 5.32 Å². The van der Waals surface area contributed by atoms with Gasteiger partial charge in [-0.25, -0.2) is 4.79 Å². The molecule has 6 heteroatoms. The van der Waals surface area contributed by atoms with Crippen molar-refractivity contribution in [1.82, 2.24) is 15.5 Å². The Hall–Kier alpha value is -1.69. The molecule has 0 saturated heterocycles. The first-order valence-corrected chi connectivity index (χ1v) is 5.12. The molecule has 0 unspecified atom stereocenters. The molecule has 0 fully saturated rings. The molecule has 0 amide bonds. The predicted molar refractivity (Wildman–Crippen MR) is 56.9 cm³/mol. The summed E-state index contributed by atoms with van der Waals surface area (Å²) in [7, 11) is 0. The lowest BCUT2D eigenvalue weighted by molar-refractivity contribution is -0.132. The second-order valence-corrected chi connectivity index (χ2v) is 3.19. The van der Waals surface area contributed by atoms with E-state index in [2.05, 4.69) is 20.0 Å². The lowest BCUT2D eigenvalue weighted by atomic mass is 10.2. The summed E-state index contributed by atoms with van der Waals surface area (Å²) in [4.78, 5) is 14.5. The van der Waals surface area contributed by atoms with E-state index in [-0.39, 0.29) is 0 Å². The number of carbonyl (C=O) groups is 1. The van der Waals surface area contributed by atoms with Gasteiger partial charge >= 0.3 is 5.97 Å². The first-order valence-electron chi connectivity index (χ1n) is 5.12. The second kappa shape index (κ2) is 6.73. The van der Waals surface area contributed by atoms with E-state index < -0.39 is 5.97 Å². The van der Waals surface area contributed by atoms with E-state index in [1.807, 2.05) is 6.92 Å². The minimum absolute atomic E-state index is 0.423. The van der Waals surface area contributed by atoms with Crippen LogP contribution in [-0.2, 0) is 11.2 Å². The van der Waals surface area contributed by atoms with Crippen molar-refractivity contribution in [3.8, 4) is 0 Å². The second-order valence-electron chi connectivity index (χ2n) is 3.19. The quantitative estimate of drug-likeness (QED) is 0.522. The van der Waals surface area contributed by atoms with E-state index in [1.54, 1.807) is 6.08 Å². The number of hydrogen-bond donors (Lipinski definition) is 2. The molecule has 1 rings (SSSR count). The van der Waals surface area contributed by atoms with Crippen molar-refractivity contribution in [2.24, 2.45) is 0 Å². The fourth-order valence-corrected chi connectivity index (χ4v) is 1.18. The molecule has 88 valence electrons. The van der Waals surface area contributed by atoms with E-state index in [0.717, 1.165) is 0 Å². The Balaban J connectivity index is 2.18. The maximum absolute atomic E-state index is 10.7. The molecule has 0 aromatic carbocycles. The zero-order valence-corrected chi connectivity index (χ0v) is 9.14. The van der Waals surface area contributed by atoms with Crippen molar-refractivity contribution in [3.05, 3.63) is 23.9 Å². The van der Waals surface area contributed by atoms with E-state index >= 15 is 0 Å². The molecule has 1 heterocycles. The summed E-state index contributed by atoms with van der Waals surface area (Å²) >= 11 is 0. The molecule has 0 aliphatic rings. The Morgan fingerprint density at radius 3 is 3.06 bits per heavy atom. The third-order valence-corrected chi connectivity index (χ3v) is 2.08. The third-order valence-electron chi connectivity index (χ3n) is 2.08. The van der Waals surface area contributed by atoms with Gasteiger partial charge in [-0.2, -0.15) is 4.98 Å². The Morgan fingerprint density at radius 2 is 2.50 bits per heavy atom. The van der Waals surface area contributed by atoms with Crippen molar-refractivity contribution >= 4 is 5.97 Å². The fraction of sp³-hybridized carbons (Fsp3) is 0.500. The zero-order valence-electron chi connectivity index (χ0n) is 9.14. The lowest BCUT2D eigenvalue weighted by Crippen LogP contribution is -2.18. The van der Waals surface area contributed by atoms with Crippen LogP contribution in [0.1, 0.15) is 19.2 Å². The number of aliphatic carboxylic acids is 1. The lowest BCUT2D eigenvalue weighted by Gasteiger charge is -2.00.